The van der Waals surface area contributed by atoms with Gasteiger partial charge in [0.25, 0.3) is 5.91 Å². The predicted octanol–water partition coefficient (Wildman–Crippen LogP) is 2.07. The number of fused-ring (bicyclic) bond motifs is 1. The van der Waals surface area contributed by atoms with Crippen LogP contribution in [-0.4, -0.2) is 44.7 Å². The minimum atomic E-state index is -0.0846. The van der Waals surface area contributed by atoms with Crippen LogP contribution in [0.3, 0.4) is 0 Å². The number of carbonyl (C=O) groups is 1. The van der Waals surface area contributed by atoms with Crippen LogP contribution in [0.25, 0.3) is 0 Å². The Labute approximate surface area is 139 Å². The quantitative estimate of drug-likeness (QED) is 0.911. The summed E-state index contributed by atoms with van der Waals surface area (Å²) in [5.74, 6) is -0.0846. The molecule has 4 rings (SSSR count). The molecule has 0 spiro atoms. The van der Waals surface area contributed by atoms with Gasteiger partial charge >= 0.3 is 0 Å². The van der Waals surface area contributed by atoms with Crippen molar-refractivity contribution in [3.05, 3.63) is 34.5 Å². The SMILES string of the molecule is O=C(NCC[C@H]1CN(C2CCC2)Cc2ccnn21)c1cscn1. The number of nitrogens with zero attached hydrogens (tertiary/aromatic N) is 4. The van der Waals surface area contributed by atoms with E-state index in [1.165, 1.54) is 36.3 Å². The number of hydrogen-bond donors (Lipinski definition) is 1. The van der Waals surface area contributed by atoms with Crippen LogP contribution in [0, 0.1) is 0 Å². The zero-order chi connectivity index (χ0) is 15.6. The van der Waals surface area contributed by atoms with E-state index >= 15 is 0 Å². The summed E-state index contributed by atoms with van der Waals surface area (Å²) in [5, 5.41) is 9.24. The molecule has 3 heterocycles. The van der Waals surface area contributed by atoms with E-state index < -0.39 is 0 Å². The van der Waals surface area contributed by atoms with Gasteiger partial charge in [0.2, 0.25) is 0 Å². The summed E-state index contributed by atoms with van der Waals surface area (Å²) in [6.45, 7) is 2.69. The van der Waals surface area contributed by atoms with Gasteiger partial charge < -0.3 is 5.32 Å². The highest BCUT2D eigenvalue weighted by atomic mass is 32.1. The maximum absolute atomic E-state index is 12.0. The number of carbonyl (C=O) groups excluding carboxylic acids is 1. The van der Waals surface area contributed by atoms with E-state index in [4.69, 9.17) is 0 Å². The van der Waals surface area contributed by atoms with E-state index in [0.717, 1.165) is 25.6 Å². The lowest BCUT2D eigenvalue weighted by molar-refractivity contribution is 0.0723. The fraction of sp³-hybridized carbons (Fsp3) is 0.562. The van der Waals surface area contributed by atoms with E-state index in [2.05, 4.69) is 31.0 Å². The van der Waals surface area contributed by atoms with Crippen molar-refractivity contribution in [2.24, 2.45) is 0 Å². The molecule has 0 aromatic carbocycles. The molecule has 1 saturated carbocycles. The molecule has 0 unspecified atom stereocenters. The largest absolute Gasteiger partial charge is 0.351 e. The van der Waals surface area contributed by atoms with Crippen molar-refractivity contribution in [1.29, 1.82) is 0 Å². The molecule has 1 amide bonds. The van der Waals surface area contributed by atoms with E-state index in [1.807, 2.05) is 6.20 Å². The van der Waals surface area contributed by atoms with Gasteiger partial charge in [-0.25, -0.2) is 4.98 Å². The van der Waals surface area contributed by atoms with Gasteiger partial charge in [-0.15, -0.1) is 11.3 Å². The molecule has 0 saturated heterocycles. The van der Waals surface area contributed by atoms with Crippen molar-refractivity contribution < 1.29 is 4.79 Å². The first-order valence-electron chi connectivity index (χ1n) is 8.24. The Hall–Kier alpha value is -1.73. The zero-order valence-electron chi connectivity index (χ0n) is 13.0. The number of amides is 1. The normalized spacial score (nSPS) is 21.7. The Kier molecular flexibility index (Phi) is 4.13. The van der Waals surface area contributed by atoms with Crippen LogP contribution < -0.4 is 5.32 Å². The molecule has 7 heteroatoms. The smallest absolute Gasteiger partial charge is 0.270 e. The zero-order valence-corrected chi connectivity index (χ0v) is 13.8. The molecule has 1 aliphatic carbocycles. The molecule has 23 heavy (non-hydrogen) atoms. The van der Waals surface area contributed by atoms with Gasteiger partial charge in [-0.05, 0) is 25.3 Å². The van der Waals surface area contributed by atoms with E-state index in [-0.39, 0.29) is 5.91 Å². The Morgan fingerprint density at radius 3 is 3.09 bits per heavy atom. The van der Waals surface area contributed by atoms with Crippen LogP contribution in [0.2, 0.25) is 0 Å². The number of thiazole rings is 1. The molecule has 2 aromatic heterocycles. The van der Waals surface area contributed by atoms with Gasteiger partial charge in [0.1, 0.15) is 5.69 Å². The first-order valence-corrected chi connectivity index (χ1v) is 9.18. The van der Waals surface area contributed by atoms with Gasteiger partial charge in [0.05, 0.1) is 17.2 Å². The molecule has 0 radical (unpaired) electrons. The standard InChI is InChI=1S/C16H21N5OS/c22-16(15-10-23-11-18-15)17-6-4-13-8-20(12-2-1-3-12)9-14-5-7-19-21(13)14/h5,7,10-13H,1-4,6,8-9H2,(H,17,22)/t13-/m0/s1. The van der Waals surface area contributed by atoms with Gasteiger partial charge in [0, 0.05) is 37.3 Å². The monoisotopic (exact) mass is 331 g/mol. The minimum Gasteiger partial charge on any atom is -0.351 e. The Bertz CT molecular complexity index is 664. The molecule has 2 aromatic rings. The van der Waals surface area contributed by atoms with Crippen molar-refractivity contribution in [3.63, 3.8) is 0 Å². The van der Waals surface area contributed by atoms with Crippen molar-refractivity contribution >= 4 is 17.2 Å². The van der Waals surface area contributed by atoms with Crippen LogP contribution in [0.1, 0.15) is 47.9 Å². The summed E-state index contributed by atoms with van der Waals surface area (Å²) >= 11 is 1.44. The molecule has 1 atom stereocenters. The molecule has 1 N–H and O–H groups in total. The summed E-state index contributed by atoms with van der Waals surface area (Å²) in [5.41, 5.74) is 3.48. The molecular weight excluding hydrogens is 310 g/mol. The van der Waals surface area contributed by atoms with Crippen molar-refractivity contribution in [3.8, 4) is 0 Å². The molecular formula is C16H21N5OS. The number of nitrogens with one attached hydrogen (secondary N) is 1. The Morgan fingerprint density at radius 1 is 1.43 bits per heavy atom. The summed E-state index contributed by atoms with van der Waals surface area (Å²) < 4.78 is 2.14. The fourth-order valence-electron chi connectivity index (χ4n) is 3.43. The van der Waals surface area contributed by atoms with Crippen molar-refractivity contribution in [2.75, 3.05) is 13.1 Å². The molecule has 2 aliphatic rings. The second-order valence-electron chi connectivity index (χ2n) is 6.35. The van der Waals surface area contributed by atoms with Crippen LogP contribution in [-0.2, 0) is 6.54 Å². The van der Waals surface area contributed by atoms with Crippen molar-refractivity contribution in [1.82, 2.24) is 25.0 Å². The van der Waals surface area contributed by atoms with Crippen LogP contribution in [0.15, 0.2) is 23.2 Å². The molecule has 1 fully saturated rings. The molecule has 1 aliphatic heterocycles. The summed E-state index contributed by atoms with van der Waals surface area (Å²) in [6.07, 6.45) is 6.78. The van der Waals surface area contributed by atoms with Crippen LogP contribution in [0.5, 0.6) is 0 Å². The molecule has 122 valence electrons. The number of rotatable bonds is 5. The minimum absolute atomic E-state index is 0.0846. The highest BCUT2D eigenvalue weighted by molar-refractivity contribution is 7.07. The van der Waals surface area contributed by atoms with Crippen molar-refractivity contribution in [2.45, 2.75) is 44.3 Å². The summed E-state index contributed by atoms with van der Waals surface area (Å²) in [4.78, 5) is 18.6. The van der Waals surface area contributed by atoms with E-state index in [9.17, 15) is 4.79 Å². The first kappa shape index (κ1) is 14.8. The van der Waals surface area contributed by atoms with Gasteiger partial charge in [-0.1, -0.05) is 6.42 Å². The molecule has 0 bridgehead atoms. The third-order valence-corrected chi connectivity index (χ3v) is 5.51. The lowest BCUT2D eigenvalue weighted by atomic mass is 9.90. The topological polar surface area (TPSA) is 63.1 Å². The highest BCUT2D eigenvalue weighted by Gasteiger charge is 2.32. The third kappa shape index (κ3) is 3.03. The van der Waals surface area contributed by atoms with Crippen LogP contribution >= 0.6 is 11.3 Å². The lowest BCUT2D eigenvalue weighted by Gasteiger charge is -2.42. The average molecular weight is 331 g/mol. The van der Waals surface area contributed by atoms with E-state index in [0.29, 0.717) is 18.3 Å². The number of hydrogen-bond acceptors (Lipinski definition) is 5. The number of aromatic nitrogens is 3. The first-order chi connectivity index (χ1) is 11.3. The maximum atomic E-state index is 12.0. The van der Waals surface area contributed by atoms with Crippen LogP contribution in [0.4, 0.5) is 0 Å². The molecule has 6 nitrogen and oxygen atoms in total. The van der Waals surface area contributed by atoms with Gasteiger partial charge in [-0.2, -0.15) is 5.10 Å². The highest BCUT2D eigenvalue weighted by Crippen LogP contribution is 2.31. The lowest BCUT2D eigenvalue weighted by Crippen LogP contribution is -2.47. The second kappa shape index (κ2) is 6.41. The fourth-order valence-corrected chi connectivity index (χ4v) is 3.96. The Morgan fingerprint density at radius 2 is 2.35 bits per heavy atom. The average Bonchev–Trinajstić information content (AvgIpc) is 3.16. The Balaban J connectivity index is 1.37. The van der Waals surface area contributed by atoms with Gasteiger partial charge in [0.15, 0.2) is 0 Å². The summed E-state index contributed by atoms with van der Waals surface area (Å²) in [7, 11) is 0. The van der Waals surface area contributed by atoms with E-state index in [1.54, 1.807) is 10.9 Å². The van der Waals surface area contributed by atoms with Gasteiger partial charge in [-0.3, -0.25) is 14.4 Å². The third-order valence-electron chi connectivity index (χ3n) is 4.93. The second-order valence-corrected chi connectivity index (χ2v) is 7.07. The maximum Gasteiger partial charge on any atom is 0.270 e. The summed E-state index contributed by atoms with van der Waals surface area (Å²) in [6, 6.07) is 3.20. The predicted molar refractivity (Wildman–Crippen MR) is 88.4 cm³/mol.